The molecule has 1 aromatic heterocycles. The maximum Gasteiger partial charge on any atom is 0.102 e. The Balaban J connectivity index is 1.34. The molecule has 5 rings (SSSR count). The minimum Gasteiger partial charge on any atom is -0.390 e. The van der Waals surface area contributed by atoms with Crippen LogP contribution in [0, 0.1) is 58.2 Å². The van der Waals surface area contributed by atoms with Crippen molar-refractivity contribution in [2.24, 2.45) is 51.8 Å². The van der Waals surface area contributed by atoms with Gasteiger partial charge >= 0.3 is 0 Å². The van der Waals surface area contributed by atoms with Crippen LogP contribution >= 0.6 is 0 Å². The summed E-state index contributed by atoms with van der Waals surface area (Å²) in [6.45, 7) is 5.47. The van der Waals surface area contributed by atoms with Crippen LogP contribution in [0.4, 0.5) is 0 Å². The zero-order valence-electron chi connectivity index (χ0n) is 20.1. The van der Waals surface area contributed by atoms with Gasteiger partial charge in [-0.05, 0) is 106 Å². The Labute approximate surface area is 193 Å². The van der Waals surface area contributed by atoms with Crippen LogP contribution in [-0.4, -0.2) is 33.8 Å². The topological polar surface area (TPSA) is 74.2 Å². The molecule has 0 radical (unpaired) electrons. The molecular weight excluding hydrogens is 396 g/mol. The van der Waals surface area contributed by atoms with Gasteiger partial charge < -0.3 is 10.1 Å². The average Bonchev–Trinajstić information content (AvgIpc) is 3.36. The van der Waals surface area contributed by atoms with Crippen molar-refractivity contribution in [1.29, 1.82) is 5.26 Å². The molecule has 0 saturated heterocycles. The first-order valence-electron chi connectivity index (χ1n) is 12.9. The molecule has 4 aliphatic carbocycles. The molecule has 0 aromatic carbocycles. The summed E-state index contributed by atoms with van der Waals surface area (Å²) in [6, 6.07) is 2.20. The molecule has 0 spiro atoms. The Morgan fingerprint density at radius 3 is 2.75 bits per heavy atom. The fourth-order valence-electron chi connectivity index (χ4n) is 9.03. The molecule has 5 nitrogen and oxygen atoms in total. The van der Waals surface area contributed by atoms with Gasteiger partial charge in [-0.2, -0.15) is 10.4 Å². The molecule has 0 amide bonds. The fraction of sp³-hybridized carbons (Fsp3) is 0.815. The number of hydrogen-bond acceptors (Lipinski definition) is 4. The second-order valence-electron chi connectivity index (χ2n) is 12.0. The van der Waals surface area contributed by atoms with Crippen molar-refractivity contribution >= 4 is 6.21 Å². The third kappa shape index (κ3) is 3.73. The summed E-state index contributed by atoms with van der Waals surface area (Å²) in [7, 11) is 1.89. The second kappa shape index (κ2) is 8.28. The van der Waals surface area contributed by atoms with Crippen LogP contribution in [0.25, 0.3) is 0 Å². The third-order valence-corrected chi connectivity index (χ3v) is 10.3. The zero-order chi connectivity index (χ0) is 22.5. The van der Waals surface area contributed by atoms with Crippen LogP contribution in [0.5, 0.6) is 0 Å². The molecule has 0 aliphatic heterocycles. The first-order valence-corrected chi connectivity index (χ1v) is 12.9. The van der Waals surface area contributed by atoms with E-state index in [1.807, 2.05) is 17.9 Å². The van der Waals surface area contributed by atoms with Gasteiger partial charge in [0.05, 0.1) is 17.4 Å². The quantitative estimate of drug-likeness (QED) is 0.668. The molecule has 1 aromatic rings. The van der Waals surface area contributed by atoms with Crippen molar-refractivity contribution < 1.29 is 5.11 Å². The van der Waals surface area contributed by atoms with E-state index in [9.17, 15) is 10.4 Å². The van der Waals surface area contributed by atoms with Gasteiger partial charge in [0, 0.05) is 31.9 Å². The number of aliphatic hydroxyl groups is 1. The number of aromatic nitrogens is 2. The van der Waals surface area contributed by atoms with Crippen molar-refractivity contribution in [3.63, 3.8) is 0 Å². The molecule has 1 N–H and O–H groups in total. The van der Waals surface area contributed by atoms with Crippen LogP contribution in [0.2, 0.25) is 0 Å². The molecule has 0 unspecified atom stereocenters. The van der Waals surface area contributed by atoms with Gasteiger partial charge in [0.1, 0.15) is 6.07 Å². The molecule has 0 bridgehead atoms. The first-order chi connectivity index (χ1) is 15.3. The SMILES string of the molecule is CN=C[C@H](Cn1cc(C#N)cn1)[C@H]1CC[C@H]2[C@@H]3CC[C@@H]4C[C@](C)(O)CC[C@@H]4[C@H]3CC[C@]12C. The van der Waals surface area contributed by atoms with Crippen LogP contribution in [-0.2, 0) is 6.54 Å². The lowest BCUT2D eigenvalue weighted by molar-refractivity contribution is -0.101. The van der Waals surface area contributed by atoms with Crippen molar-refractivity contribution in [3.05, 3.63) is 18.0 Å². The van der Waals surface area contributed by atoms with Gasteiger partial charge in [0.15, 0.2) is 0 Å². The number of nitrogens with zero attached hydrogens (tertiary/aromatic N) is 4. The van der Waals surface area contributed by atoms with Crippen molar-refractivity contribution in [2.75, 3.05) is 7.05 Å². The summed E-state index contributed by atoms with van der Waals surface area (Å²) in [5, 5.41) is 24.3. The standard InChI is InChI=1S/C27H40N4O/c1-26(32)10-8-21-19(12-26)4-5-23-22(21)9-11-27(2)24(6-7-25(23)27)20(15-29-3)17-31-16-18(13-28)14-30-31/h14-16,19-25,32H,4-12,17H2,1-3H3/t19-,20-,21+,22-,23-,24-,25+,26-,27-/m1/s1. The Morgan fingerprint density at radius 1 is 1.19 bits per heavy atom. The molecule has 4 saturated carbocycles. The monoisotopic (exact) mass is 436 g/mol. The smallest absolute Gasteiger partial charge is 0.102 e. The summed E-state index contributed by atoms with van der Waals surface area (Å²) < 4.78 is 1.95. The Kier molecular flexibility index (Phi) is 5.73. The van der Waals surface area contributed by atoms with E-state index in [2.05, 4.69) is 36.2 Å². The molecule has 4 aliphatic rings. The predicted molar refractivity (Wildman–Crippen MR) is 126 cm³/mol. The average molecular weight is 437 g/mol. The number of fused-ring (bicyclic) bond motifs is 5. The lowest BCUT2D eigenvalue weighted by Gasteiger charge is -2.57. The van der Waals surface area contributed by atoms with Crippen molar-refractivity contribution in [1.82, 2.24) is 9.78 Å². The van der Waals surface area contributed by atoms with Gasteiger partial charge in [0.2, 0.25) is 0 Å². The van der Waals surface area contributed by atoms with Gasteiger partial charge in [-0.1, -0.05) is 6.92 Å². The van der Waals surface area contributed by atoms with E-state index in [4.69, 9.17) is 0 Å². The van der Waals surface area contributed by atoms with E-state index in [1.54, 1.807) is 6.20 Å². The summed E-state index contributed by atoms with van der Waals surface area (Å²) in [4.78, 5) is 4.47. The van der Waals surface area contributed by atoms with Crippen LogP contribution in [0.3, 0.4) is 0 Å². The molecule has 5 heteroatoms. The van der Waals surface area contributed by atoms with E-state index in [0.29, 0.717) is 22.8 Å². The Bertz CT molecular complexity index is 898. The molecule has 32 heavy (non-hydrogen) atoms. The minimum absolute atomic E-state index is 0.374. The first kappa shape index (κ1) is 22.1. The summed E-state index contributed by atoms with van der Waals surface area (Å²) in [6.07, 6.45) is 17.0. The van der Waals surface area contributed by atoms with Crippen LogP contribution in [0.15, 0.2) is 17.4 Å². The maximum atomic E-state index is 10.6. The van der Waals surface area contributed by atoms with Gasteiger partial charge in [-0.3, -0.25) is 4.68 Å². The molecule has 174 valence electrons. The van der Waals surface area contributed by atoms with E-state index >= 15 is 0 Å². The van der Waals surface area contributed by atoms with Gasteiger partial charge in [0.25, 0.3) is 0 Å². The largest absolute Gasteiger partial charge is 0.390 e. The summed E-state index contributed by atoms with van der Waals surface area (Å²) in [5.41, 5.74) is 0.585. The predicted octanol–water partition coefficient (Wildman–Crippen LogP) is 5.09. The van der Waals surface area contributed by atoms with Crippen molar-refractivity contribution in [2.45, 2.75) is 83.8 Å². The summed E-state index contributed by atoms with van der Waals surface area (Å²) >= 11 is 0. The highest BCUT2D eigenvalue weighted by Gasteiger charge is 2.58. The third-order valence-electron chi connectivity index (χ3n) is 10.3. The van der Waals surface area contributed by atoms with Crippen molar-refractivity contribution in [3.8, 4) is 6.07 Å². The number of aliphatic imine (C=N–C) groups is 1. The van der Waals surface area contributed by atoms with Crippen LogP contribution in [0.1, 0.15) is 77.2 Å². The van der Waals surface area contributed by atoms with E-state index < -0.39 is 5.60 Å². The fourth-order valence-corrected chi connectivity index (χ4v) is 9.03. The summed E-state index contributed by atoms with van der Waals surface area (Å²) in [5.74, 6) is 5.18. The van der Waals surface area contributed by atoms with E-state index in [0.717, 1.165) is 49.0 Å². The second-order valence-corrected chi connectivity index (χ2v) is 12.0. The Hall–Kier alpha value is -1.67. The highest BCUT2D eigenvalue weighted by Crippen LogP contribution is 2.65. The number of hydrogen-bond donors (Lipinski definition) is 1. The molecule has 1 heterocycles. The Morgan fingerprint density at radius 2 is 2.00 bits per heavy atom. The van der Waals surface area contributed by atoms with E-state index in [1.165, 1.54) is 44.9 Å². The lowest BCUT2D eigenvalue weighted by atomic mass is 9.48. The van der Waals surface area contributed by atoms with E-state index in [-0.39, 0.29) is 0 Å². The lowest BCUT2D eigenvalue weighted by Crippen LogP contribution is -2.51. The molecular formula is C27H40N4O. The number of rotatable bonds is 4. The minimum atomic E-state index is -0.430. The van der Waals surface area contributed by atoms with Crippen LogP contribution < -0.4 is 0 Å². The molecule has 4 fully saturated rings. The normalized spacial score (nSPS) is 44.5. The van der Waals surface area contributed by atoms with Gasteiger partial charge in [-0.25, -0.2) is 0 Å². The highest BCUT2D eigenvalue weighted by atomic mass is 16.3. The van der Waals surface area contributed by atoms with Gasteiger partial charge in [-0.15, -0.1) is 0 Å². The zero-order valence-corrected chi connectivity index (χ0v) is 20.1. The maximum absolute atomic E-state index is 10.6. The highest BCUT2D eigenvalue weighted by molar-refractivity contribution is 5.61. The number of nitriles is 1. The molecule has 9 atom stereocenters.